The Morgan fingerprint density at radius 2 is 1.92 bits per heavy atom. The Morgan fingerprint density at radius 1 is 1.20 bits per heavy atom. The van der Waals surface area contributed by atoms with Gasteiger partial charge in [-0.15, -0.1) is 11.3 Å². The predicted octanol–water partition coefficient (Wildman–Crippen LogP) is 2.84. The highest BCUT2D eigenvalue weighted by Gasteiger charge is 2.30. The van der Waals surface area contributed by atoms with Gasteiger partial charge in [0.05, 0.1) is 10.7 Å². The Balaban J connectivity index is 1.45. The summed E-state index contributed by atoms with van der Waals surface area (Å²) in [6.45, 7) is 5.10. The third-order valence-electron chi connectivity index (χ3n) is 5.68. The van der Waals surface area contributed by atoms with E-state index in [0.29, 0.717) is 12.0 Å². The van der Waals surface area contributed by atoms with Crippen molar-refractivity contribution >= 4 is 11.3 Å². The summed E-state index contributed by atoms with van der Waals surface area (Å²) >= 11 is 1.72. The first kappa shape index (κ1) is 17.0. The van der Waals surface area contributed by atoms with Crippen LogP contribution in [0.2, 0.25) is 0 Å². The molecule has 7 heteroatoms. The molecule has 0 atom stereocenters. The van der Waals surface area contributed by atoms with Crippen molar-refractivity contribution in [3.8, 4) is 0 Å². The summed E-state index contributed by atoms with van der Waals surface area (Å²) in [6, 6.07) is 0.368. The van der Waals surface area contributed by atoms with Crippen LogP contribution in [-0.2, 0) is 13.6 Å². The van der Waals surface area contributed by atoms with Gasteiger partial charge in [0.15, 0.2) is 0 Å². The number of aromatic nitrogens is 4. The molecule has 1 aliphatic heterocycles. The van der Waals surface area contributed by atoms with E-state index in [2.05, 4.69) is 27.3 Å². The average molecular weight is 362 g/mol. The zero-order chi connectivity index (χ0) is 17.4. The lowest BCUT2D eigenvalue weighted by Gasteiger charge is -2.31. The Hall–Kier alpha value is -1.47. The van der Waals surface area contributed by atoms with Crippen LogP contribution in [0.1, 0.15) is 67.0 Å². The second-order valence-electron chi connectivity index (χ2n) is 7.48. The predicted molar refractivity (Wildman–Crippen MR) is 99.1 cm³/mol. The second-order valence-corrected chi connectivity index (χ2v) is 8.54. The van der Waals surface area contributed by atoms with E-state index in [1.807, 2.05) is 4.57 Å². The molecule has 0 bridgehead atoms. The molecule has 4 rings (SSSR count). The summed E-state index contributed by atoms with van der Waals surface area (Å²) in [5.41, 5.74) is 1.25. The molecule has 0 aromatic carbocycles. The lowest BCUT2D eigenvalue weighted by molar-refractivity contribution is 0.197. The fraction of sp³-hybridized carbons (Fsp3) is 0.722. The van der Waals surface area contributed by atoms with Gasteiger partial charge in [0.25, 0.3) is 0 Å². The molecule has 136 valence electrons. The first-order valence-corrected chi connectivity index (χ1v) is 10.3. The first-order valence-electron chi connectivity index (χ1n) is 9.40. The summed E-state index contributed by atoms with van der Waals surface area (Å²) in [5, 5.41) is 7.93. The molecule has 0 unspecified atom stereocenters. The fourth-order valence-electron chi connectivity index (χ4n) is 4.34. The van der Waals surface area contributed by atoms with Crippen LogP contribution in [0.3, 0.4) is 0 Å². The third-order valence-corrected chi connectivity index (χ3v) is 6.50. The summed E-state index contributed by atoms with van der Waals surface area (Å²) in [7, 11) is 1.79. The average Bonchev–Trinajstić information content (AvgIpc) is 3.32. The van der Waals surface area contributed by atoms with Crippen molar-refractivity contribution in [2.75, 3.05) is 13.1 Å². The normalized spacial score (nSPS) is 20.6. The topological polar surface area (TPSA) is 56.0 Å². The van der Waals surface area contributed by atoms with E-state index in [-0.39, 0.29) is 5.69 Å². The molecule has 1 aliphatic carbocycles. The van der Waals surface area contributed by atoms with Gasteiger partial charge in [0.2, 0.25) is 0 Å². The highest BCUT2D eigenvalue weighted by molar-refractivity contribution is 7.09. The van der Waals surface area contributed by atoms with Gasteiger partial charge in [0.1, 0.15) is 5.82 Å². The van der Waals surface area contributed by atoms with Crippen molar-refractivity contribution < 1.29 is 0 Å². The molecule has 3 heterocycles. The van der Waals surface area contributed by atoms with Gasteiger partial charge in [-0.2, -0.15) is 5.10 Å². The van der Waals surface area contributed by atoms with E-state index >= 15 is 0 Å². The molecule has 6 nitrogen and oxygen atoms in total. The number of piperidine rings is 1. The van der Waals surface area contributed by atoms with E-state index in [0.717, 1.165) is 56.1 Å². The molecular formula is C18H27N5OS. The number of nitrogens with zero attached hydrogens (tertiary/aromatic N) is 5. The number of likely N-dealkylation sites (tertiary alicyclic amines) is 1. The Kier molecular flexibility index (Phi) is 4.78. The zero-order valence-corrected chi connectivity index (χ0v) is 16.0. The van der Waals surface area contributed by atoms with Gasteiger partial charge >= 0.3 is 5.69 Å². The van der Waals surface area contributed by atoms with E-state index < -0.39 is 0 Å². The van der Waals surface area contributed by atoms with E-state index in [1.54, 1.807) is 18.4 Å². The maximum Gasteiger partial charge on any atom is 0.345 e. The van der Waals surface area contributed by atoms with E-state index in [9.17, 15) is 4.79 Å². The third kappa shape index (κ3) is 3.44. The van der Waals surface area contributed by atoms with Crippen molar-refractivity contribution in [3.05, 3.63) is 32.4 Å². The van der Waals surface area contributed by atoms with Gasteiger partial charge in [-0.1, -0.05) is 12.8 Å². The van der Waals surface area contributed by atoms with Crippen LogP contribution >= 0.6 is 11.3 Å². The lowest BCUT2D eigenvalue weighted by Crippen LogP contribution is -2.34. The summed E-state index contributed by atoms with van der Waals surface area (Å²) < 4.78 is 3.56. The molecule has 0 radical (unpaired) electrons. The number of aryl methyl sites for hydroxylation is 2. The van der Waals surface area contributed by atoms with Crippen LogP contribution in [0.15, 0.2) is 10.2 Å². The van der Waals surface area contributed by atoms with Crippen molar-refractivity contribution in [1.82, 2.24) is 24.2 Å². The second kappa shape index (κ2) is 7.03. The van der Waals surface area contributed by atoms with Crippen molar-refractivity contribution in [3.63, 3.8) is 0 Å². The molecule has 0 N–H and O–H groups in total. The van der Waals surface area contributed by atoms with Gasteiger partial charge < -0.3 is 0 Å². The Bertz CT molecular complexity index is 778. The van der Waals surface area contributed by atoms with E-state index in [1.165, 1.54) is 23.2 Å². The fourth-order valence-corrected chi connectivity index (χ4v) is 4.95. The molecule has 2 aromatic rings. The van der Waals surface area contributed by atoms with Crippen molar-refractivity contribution in [2.45, 2.75) is 64.0 Å². The van der Waals surface area contributed by atoms with Crippen LogP contribution in [0, 0.1) is 6.92 Å². The van der Waals surface area contributed by atoms with Gasteiger partial charge in [-0.05, 0) is 45.7 Å². The quantitative estimate of drug-likeness (QED) is 0.840. The highest BCUT2D eigenvalue weighted by Crippen LogP contribution is 2.33. The van der Waals surface area contributed by atoms with Gasteiger partial charge in [-0.3, -0.25) is 9.47 Å². The SMILES string of the molecule is Cc1nc(CN2CCC(c3nn(C)c(=O)n3C3CCCC3)CC2)cs1. The van der Waals surface area contributed by atoms with Gasteiger partial charge in [-0.25, -0.2) is 14.5 Å². The number of hydrogen-bond donors (Lipinski definition) is 0. The molecule has 0 amide bonds. The Labute approximate surface area is 152 Å². The lowest BCUT2D eigenvalue weighted by atomic mass is 9.95. The number of hydrogen-bond acceptors (Lipinski definition) is 5. The molecule has 2 aromatic heterocycles. The summed E-state index contributed by atoms with van der Waals surface area (Å²) in [4.78, 5) is 19.6. The first-order chi connectivity index (χ1) is 12.1. The minimum Gasteiger partial charge on any atom is -0.297 e. The number of thiazole rings is 1. The van der Waals surface area contributed by atoms with Crippen LogP contribution < -0.4 is 5.69 Å². The minimum absolute atomic E-state index is 0.0716. The highest BCUT2D eigenvalue weighted by atomic mass is 32.1. The summed E-state index contributed by atoms with van der Waals surface area (Å²) in [5.74, 6) is 1.44. The zero-order valence-electron chi connectivity index (χ0n) is 15.1. The van der Waals surface area contributed by atoms with Crippen LogP contribution in [0.5, 0.6) is 0 Å². The number of rotatable bonds is 4. The Morgan fingerprint density at radius 3 is 2.56 bits per heavy atom. The van der Waals surface area contributed by atoms with Crippen LogP contribution in [0.25, 0.3) is 0 Å². The summed E-state index contributed by atoms with van der Waals surface area (Å²) in [6.07, 6.45) is 6.87. The maximum absolute atomic E-state index is 12.6. The molecule has 1 saturated heterocycles. The van der Waals surface area contributed by atoms with Crippen LogP contribution in [-0.4, -0.2) is 37.3 Å². The van der Waals surface area contributed by atoms with E-state index in [4.69, 9.17) is 0 Å². The van der Waals surface area contributed by atoms with Crippen LogP contribution in [0.4, 0.5) is 0 Å². The monoisotopic (exact) mass is 361 g/mol. The molecule has 2 aliphatic rings. The molecule has 1 saturated carbocycles. The van der Waals surface area contributed by atoms with Crippen molar-refractivity contribution in [1.29, 1.82) is 0 Å². The maximum atomic E-state index is 12.6. The standard InChI is InChI=1S/C18H27N5OS/c1-13-19-15(12-25-13)11-22-9-7-14(8-10-22)17-20-21(2)18(24)23(17)16-5-3-4-6-16/h12,14,16H,3-11H2,1-2H3. The minimum atomic E-state index is 0.0716. The molecule has 2 fully saturated rings. The molecule has 25 heavy (non-hydrogen) atoms. The smallest absolute Gasteiger partial charge is 0.297 e. The largest absolute Gasteiger partial charge is 0.345 e. The molecule has 0 spiro atoms. The van der Waals surface area contributed by atoms with Crippen molar-refractivity contribution in [2.24, 2.45) is 7.05 Å². The molecular weight excluding hydrogens is 334 g/mol. The van der Waals surface area contributed by atoms with Gasteiger partial charge in [0, 0.05) is 30.9 Å².